The Morgan fingerprint density at radius 2 is 2.13 bits per heavy atom. The largest absolute Gasteiger partial charge is 0.395 e. The second-order valence-corrected chi connectivity index (χ2v) is 4.03. The first kappa shape index (κ1) is 10.6. The van der Waals surface area contributed by atoms with Crippen LogP contribution in [0.15, 0.2) is 12.4 Å². The molecule has 1 fully saturated rings. The Kier molecular flexibility index (Phi) is 3.38. The maximum absolute atomic E-state index is 9.02. The molecule has 1 aliphatic carbocycles. The van der Waals surface area contributed by atoms with Crippen LogP contribution in [0.5, 0.6) is 0 Å². The number of aliphatic hydroxyl groups is 1. The number of rotatable bonds is 4. The molecular weight excluding hydrogens is 214 g/mol. The Bertz CT molecular complexity index is 330. The maximum atomic E-state index is 9.02. The van der Waals surface area contributed by atoms with Gasteiger partial charge in [-0.1, -0.05) is 11.6 Å². The molecule has 82 valence electrons. The Labute approximate surface area is 93.9 Å². The molecule has 0 atom stereocenters. The average molecular weight is 228 g/mol. The highest BCUT2D eigenvalue weighted by Crippen LogP contribution is 2.30. The van der Waals surface area contributed by atoms with Gasteiger partial charge in [0.15, 0.2) is 11.0 Å². The number of aliphatic hydroxyl groups excluding tert-OH is 1. The molecule has 0 aromatic carbocycles. The first-order valence-electron chi connectivity index (χ1n) is 5.17. The van der Waals surface area contributed by atoms with Crippen molar-refractivity contribution in [3.63, 3.8) is 0 Å². The van der Waals surface area contributed by atoms with E-state index >= 15 is 0 Å². The third kappa shape index (κ3) is 2.21. The van der Waals surface area contributed by atoms with E-state index in [1.807, 2.05) is 0 Å². The molecule has 1 aromatic rings. The second kappa shape index (κ2) is 4.77. The number of anilines is 1. The minimum Gasteiger partial charge on any atom is -0.395 e. The molecule has 1 heterocycles. The van der Waals surface area contributed by atoms with Crippen molar-refractivity contribution in [1.29, 1.82) is 0 Å². The van der Waals surface area contributed by atoms with Gasteiger partial charge in [-0.3, -0.25) is 0 Å². The Hall–Kier alpha value is -0.870. The summed E-state index contributed by atoms with van der Waals surface area (Å²) < 4.78 is 0. The minimum absolute atomic E-state index is 0.114. The molecule has 1 aromatic heterocycles. The zero-order chi connectivity index (χ0) is 10.7. The number of hydrogen-bond acceptors (Lipinski definition) is 4. The van der Waals surface area contributed by atoms with Crippen LogP contribution in [-0.4, -0.2) is 34.3 Å². The van der Waals surface area contributed by atoms with Crippen molar-refractivity contribution >= 4 is 17.4 Å². The number of hydrogen-bond donors (Lipinski definition) is 1. The first-order valence-corrected chi connectivity index (χ1v) is 5.54. The molecule has 2 rings (SSSR count). The molecule has 0 saturated heterocycles. The summed E-state index contributed by atoms with van der Waals surface area (Å²) in [6.07, 6.45) is 6.73. The van der Waals surface area contributed by atoms with Crippen LogP contribution in [0.3, 0.4) is 0 Å². The molecule has 15 heavy (non-hydrogen) atoms. The van der Waals surface area contributed by atoms with E-state index in [2.05, 4.69) is 14.9 Å². The van der Waals surface area contributed by atoms with E-state index in [4.69, 9.17) is 16.7 Å². The van der Waals surface area contributed by atoms with E-state index < -0.39 is 0 Å². The van der Waals surface area contributed by atoms with E-state index in [1.165, 1.54) is 6.42 Å². The third-order valence-electron chi connectivity index (χ3n) is 2.76. The molecule has 5 heteroatoms. The van der Waals surface area contributed by atoms with Crippen LogP contribution in [0.4, 0.5) is 5.82 Å². The third-order valence-corrected chi connectivity index (χ3v) is 3.03. The van der Waals surface area contributed by atoms with Gasteiger partial charge in [-0.25, -0.2) is 9.97 Å². The fourth-order valence-electron chi connectivity index (χ4n) is 1.77. The highest BCUT2D eigenvalue weighted by molar-refractivity contribution is 6.31. The summed E-state index contributed by atoms with van der Waals surface area (Å²) in [7, 11) is 0. The van der Waals surface area contributed by atoms with Crippen molar-refractivity contribution in [2.45, 2.75) is 25.3 Å². The normalized spacial score (nSPS) is 16.1. The zero-order valence-corrected chi connectivity index (χ0v) is 9.19. The smallest absolute Gasteiger partial charge is 0.171 e. The van der Waals surface area contributed by atoms with Crippen LogP contribution in [0.1, 0.15) is 19.3 Å². The fraction of sp³-hybridized carbons (Fsp3) is 0.600. The Balaban J connectivity index is 2.19. The highest BCUT2D eigenvalue weighted by atomic mass is 35.5. The predicted molar refractivity (Wildman–Crippen MR) is 59.1 cm³/mol. The first-order chi connectivity index (χ1) is 7.33. The summed E-state index contributed by atoms with van der Waals surface area (Å²) >= 11 is 5.98. The lowest BCUT2D eigenvalue weighted by atomic mass is 9.91. The van der Waals surface area contributed by atoms with E-state index in [0.29, 0.717) is 23.6 Å². The quantitative estimate of drug-likeness (QED) is 0.847. The zero-order valence-electron chi connectivity index (χ0n) is 8.43. The number of nitrogens with zero attached hydrogens (tertiary/aromatic N) is 3. The van der Waals surface area contributed by atoms with Crippen molar-refractivity contribution in [2.24, 2.45) is 0 Å². The average Bonchev–Trinajstić information content (AvgIpc) is 2.15. The molecule has 1 N–H and O–H groups in total. The second-order valence-electron chi connectivity index (χ2n) is 3.67. The van der Waals surface area contributed by atoms with Crippen LogP contribution in [-0.2, 0) is 0 Å². The molecule has 4 nitrogen and oxygen atoms in total. The van der Waals surface area contributed by atoms with Gasteiger partial charge >= 0.3 is 0 Å². The van der Waals surface area contributed by atoms with Crippen LogP contribution in [0.25, 0.3) is 0 Å². The summed E-state index contributed by atoms with van der Waals surface area (Å²) in [5.41, 5.74) is 0. The lowest BCUT2D eigenvalue weighted by Gasteiger charge is -2.38. The van der Waals surface area contributed by atoms with Gasteiger partial charge in [-0.05, 0) is 19.3 Å². The van der Waals surface area contributed by atoms with Crippen LogP contribution >= 0.6 is 11.6 Å². The molecular formula is C10H14ClN3O. The monoisotopic (exact) mass is 227 g/mol. The van der Waals surface area contributed by atoms with Gasteiger partial charge in [0.25, 0.3) is 0 Å². The van der Waals surface area contributed by atoms with Crippen molar-refractivity contribution in [3.05, 3.63) is 17.5 Å². The molecule has 1 saturated carbocycles. The lowest BCUT2D eigenvalue weighted by Crippen LogP contribution is -2.42. The summed E-state index contributed by atoms with van der Waals surface area (Å²) in [6, 6.07) is 0.464. The minimum atomic E-state index is 0.114. The summed E-state index contributed by atoms with van der Waals surface area (Å²) in [6.45, 7) is 0.687. The predicted octanol–water partition coefficient (Wildman–Crippen LogP) is 1.48. The molecule has 0 unspecified atom stereocenters. The van der Waals surface area contributed by atoms with Crippen molar-refractivity contribution < 1.29 is 5.11 Å². The number of aromatic nitrogens is 2. The van der Waals surface area contributed by atoms with Crippen LogP contribution in [0, 0.1) is 0 Å². The van der Waals surface area contributed by atoms with E-state index in [0.717, 1.165) is 12.8 Å². The van der Waals surface area contributed by atoms with Gasteiger partial charge < -0.3 is 10.0 Å². The SMILES string of the molecule is OCCN(c1nccnc1Cl)C1CCC1. The Morgan fingerprint density at radius 1 is 1.40 bits per heavy atom. The maximum Gasteiger partial charge on any atom is 0.171 e. The van der Waals surface area contributed by atoms with Crippen molar-refractivity contribution in [2.75, 3.05) is 18.1 Å². The van der Waals surface area contributed by atoms with Gasteiger partial charge in [0.2, 0.25) is 0 Å². The van der Waals surface area contributed by atoms with E-state index in [9.17, 15) is 0 Å². The van der Waals surface area contributed by atoms with Gasteiger partial charge in [0.1, 0.15) is 0 Å². The van der Waals surface area contributed by atoms with Gasteiger partial charge in [-0.15, -0.1) is 0 Å². The lowest BCUT2D eigenvalue weighted by molar-refractivity contribution is 0.283. The molecule has 0 radical (unpaired) electrons. The standard InChI is InChI=1S/C10H14ClN3O/c11-9-10(13-5-4-12-9)14(6-7-15)8-2-1-3-8/h4-5,8,15H,1-3,6-7H2. The van der Waals surface area contributed by atoms with Crippen LogP contribution < -0.4 is 4.90 Å². The molecule has 0 amide bonds. The van der Waals surface area contributed by atoms with Crippen molar-refractivity contribution in [1.82, 2.24) is 9.97 Å². The highest BCUT2D eigenvalue weighted by Gasteiger charge is 2.27. The van der Waals surface area contributed by atoms with Gasteiger partial charge in [0, 0.05) is 25.0 Å². The number of halogens is 1. The summed E-state index contributed by atoms with van der Waals surface area (Å²) in [5, 5.41) is 9.44. The van der Waals surface area contributed by atoms with E-state index in [-0.39, 0.29) is 6.61 Å². The van der Waals surface area contributed by atoms with Crippen molar-refractivity contribution in [3.8, 4) is 0 Å². The topological polar surface area (TPSA) is 49.2 Å². The van der Waals surface area contributed by atoms with Gasteiger partial charge in [0.05, 0.1) is 6.61 Å². The van der Waals surface area contributed by atoms with E-state index in [1.54, 1.807) is 12.4 Å². The molecule has 0 bridgehead atoms. The molecule has 0 aliphatic heterocycles. The molecule has 1 aliphatic rings. The fourth-order valence-corrected chi connectivity index (χ4v) is 1.99. The summed E-state index contributed by atoms with van der Waals surface area (Å²) in [5.74, 6) is 0.693. The summed E-state index contributed by atoms with van der Waals surface area (Å²) in [4.78, 5) is 10.3. The Morgan fingerprint density at radius 3 is 2.67 bits per heavy atom. The molecule has 0 spiro atoms. The van der Waals surface area contributed by atoms with Crippen LogP contribution in [0.2, 0.25) is 5.15 Å². The van der Waals surface area contributed by atoms with Gasteiger partial charge in [-0.2, -0.15) is 0 Å².